The number of hydrogen-bond acceptors (Lipinski definition) is 7. The average Bonchev–Trinajstić information content (AvgIpc) is 3.00. The lowest BCUT2D eigenvalue weighted by atomic mass is 9.77. The zero-order chi connectivity index (χ0) is 14.9. The van der Waals surface area contributed by atoms with E-state index >= 15 is 0 Å². The predicted octanol–water partition coefficient (Wildman–Crippen LogP) is 3.25. The van der Waals surface area contributed by atoms with Crippen LogP contribution in [0.1, 0.15) is 37.1 Å². The Kier molecular flexibility index (Phi) is 3.67. The van der Waals surface area contributed by atoms with E-state index in [9.17, 15) is 4.79 Å². The van der Waals surface area contributed by atoms with Gasteiger partial charge in [0.1, 0.15) is 0 Å². The molecule has 2 aliphatic carbocycles. The molecule has 2 fully saturated rings. The van der Waals surface area contributed by atoms with Gasteiger partial charge in [-0.25, -0.2) is 0 Å². The minimum absolute atomic E-state index is 0.143. The van der Waals surface area contributed by atoms with Crippen molar-refractivity contribution in [3.05, 3.63) is 33.3 Å². The third-order valence-electron chi connectivity index (χ3n) is 4.25. The van der Waals surface area contributed by atoms with Gasteiger partial charge in [-0.05, 0) is 72.7 Å². The summed E-state index contributed by atoms with van der Waals surface area (Å²) in [4.78, 5) is 12.9. The lowest BCUT2D eigenvalue weighted by molar-refractivity contribution is -0.113. The van der Waals surface area contributed by atoms with E-state index in [1.165, 1.54) is 35.9 Å². The third kappa shape index (κ3) is 2.78. The Morgan fingerprint density at radius 1 is 1.00 bits per heavy atom. The first kappa shape index (κ1) is 13.9. The molecule has 1 unspecified atom stereocenters. The molecule has 0 aromatic carbocycles. The Bertz CT molecular complexity index is 730. The SMILES string of the molecule is O=C1/C(=C\c2csnn2)CCC(C2CC2)/C1=C\c1csnn1. The molecule has 4 rings (SSSR count). The van der Waals surface area contributed by atoms with Gasteiger partial charge in [-0.2, -0.15) is 0 Å². The highest BCUT2D eigenvalue weighted by molar-refractivity contribution is 7.03. The number of nitrogens with zero attached hydrogens (tertiary/aromatic N) is 4. The van der Waals surface area contributed by atoms with Gasteiger partial charge in [0.2, 0.25) is 0 Å². The third-order valence-corrected chi connectivity index (χ3v) is 5.29. The van der Waals surface area contributed by atoms with Crippen LogP contribution in [0.5, 0.6) is 0 Å². The van der Waals surface area contributed by atoms with E-state index in [1.807, 2.05) is 22.9 Å². The largest absolute Gasteiger partial charge is 0.289 e. The summed E-state index contributed by atoms with van der Waals surface area (Å²) in [6, 6.07) is 0. The Balaban J connectivity index is 1.68. The molecule has 0 bridgehead atoms. The Morgan fingerprint density at radius 2 is 1.68 bits per heavy atom. The van der Waals surface area contributed by atoms with Crippen molar-refractivity contribution in [2.45, 2.75) is 25.7 Å². The van der Waals surface area contributed by atoms with E-state index in [0.717, 1.165) is 35.4 Å². The molecule has 0 N–H and O–H groups in total. The fourth-order valence-electron chi connectivity index (χ4n) is 3.04. The Morgan fingerprint density at radius 3 is 2.27 bits per heavy atom. The number of hydrogen-bond donors (Lipinski definition) is 0. The fraction of sp³-hybridized carbons (Fsp3) is 0.400. The number of rotatable bonds is 3. The van der Waals surface area contributed by atoms with Crippen molar-refractivity contribution in [3.63, 3.8) is 0 Å². The number of carbonyl (C=O) groups is 1. The summed E-state index contributed by atoms with van der Waals surface area (Å²) in [5, 5.41) is 11.8. The molecule has 112 valence electrons. The topological polar surface area (TPSA) is 68.6 Å². The van der Waals surface area contributed by atoms with Crippen LogP contribution in [0, 0.1) is 11.8 Å². The summed E-state index contributed by atoms with van der Waals surface area (Å²) < 4.78 is 7.73. The molecule has 2 saturated carbocycles. The standard InChI is InChI=1S/C15H14N4OS2/c20-15-10(5-11-7-21-18-16-11)3-4-13(9-1-2-9)14(15)6-12-8-22-19-17-12/h5-9,13H,1-4H2/b10-5-,14-6+. The van der Waals surface area contributed by atoms with E-state index < -0.39 is 0 Å². The van der Waals surface area contributed by atoms with E-state index in [-0.39, 0.29) is 5.78 Å². The molecule has 0 saturated heterocycles. The van der Waals surface area contributed by atoms with Gasteiger partial charge in [0.15, 0.2) is 5.78 Å². The molecule has 2 aliphatic rings. The van der Waals surface area contributed by atoms with Gasteiger partial charge < -0.3 is 0 Å². The van der Waals surface area contributed by atoms with Crippen molar-refractivity contribution in [1.82, 2.24) is 19.2 Å². The zero-order valence-corrected chi connectivity index (χ0v) is 13.4. The molecular weight excluding hydrogens is 316 g/mol. The van der Waals surface area contributed by atoms with Crippen LogP contribution < -0.4 is 0 Å². The van der Waals surface area contributed by atoms with Crippen LogP contribution in [0.25, 0.3) is 12.2 Å². The summed E-state index contributed by atoms with van der Waals surface area (Å²) in [6.07, 6.45) is 8.13. The molecule has 2 aromatic rings. The first-order valence-corrected chi connectivity index (χ1v) is 8.99. The summed E-state index contributed by atoms with van der Waals surface area (Å²) in [7, 11) is 0. The maximum atomic E-state index is 12.9. The lowest BCUT2D eigenvalue weighted by Gasteiger charge is -2.26. The summed E-state index contributed by atoms with van der Waals surface area (Å²) in [5.74, 6) is 1.19. The van der Waals surface area contributed by atoms with Crippen LogP contribution in [-0.2, 0) is 4.79 Å². The fourth-order valence-corrected chi connectivity index (χ4v) is 3.86. The first-order chi connectivity index (χ1) is 10.8. The molecule has 2 aromatic heterocycles. The molecule has 0 amide bonds. The molecular formula is C15H14N4OS2. The van der Waals surface area contributed by atoms with Crippen LogP contribution in [-0.4, -0.2) is 25.0 Å². The maximum absolute atomic E-state index is 12.9. The van der Waals surface area contributed by atoms with Crippen molar-refractivity contribution in [3.8, 4) is 0 Å². The second-order valence-corrected chi connectivity index (χ2v) is 6.96. The second-order valence-electron chi connectivity index (χ2n) is 5.74. The molecule has 22 heavy (non-hydrogen) atoms. The normalized spacial score (nSPS) is 26.0. The lowest BCUT2D eigenvalue weighted by Crippen LogP contribution is -2.23. The number of carbonyl (C=O) groups excluding carboxylic acids is 1. The van der Waals surface area contributed by atoms with Crippen LogP contribution in [0.15, 0.2) is 21.9 Å². The summed E-state index contributed by atoms with van der Waals surface area (Å²) in [5.41, 5.74) is 3.29. The van der Waals surface area contributed by atoms with E-state index in [4.69, 9.17) is 0 Å². The van der Waals surface area contributed by atoms with Gasteiger partial charge in [-0.15, -0.1) is 10.2 Å². The minimum Gasteiger partial charge on any atom is -0.289 e. The predicted molar refractivity (Wildman–Crippen MR) is 86.2 cm³/mol. The maximum Gasteiger partial charge on any atom is 0.185 e. The molecule has 5 nitrogen and oxygen atoms in total. The monoisotopic (exact) mass is 330 g/mol. The van der Waals surface area contributed by atoms with Crippen molar-refractivity contribution >= 4 is 41.0 Å². The average molecular weight is 330 g/mol. The van der Waals surface area contributed by atoms with Crippen molar-refractivity contribution in [2.75, 3.05) is 0 Å². The molecule has 0 radical (unpaired) electrons. The van der Waals surface area contributed by atoms with Crippen molar-refractivity contribution in [1.29, 1.82) is 0 Å². The molecule has 0 aliphatic heterocycles. The Labute approximate surface area is 136 Å². The quantitative estimate of drug-likeness (QED) is 0.808. The number of allylic oxidation sites excluding steroid dienone is 2. The molecule has 0 spiro atoms. The van der Waals surface area contributed by atoms with Crippen molar-refractivity contribution in [2.24, 2.45) is 11.8 Å². The summed E-state index contributed by atoms with van der Waals surface area (Å²) in [6.45, 7) is 0. The second kappa shape index (κ2) is 5.81. The first-order valence-electron chi connectivity index (χ1n) is 7.32. The highest BCUT2D eigenvalue weighted by Gasteiger charge is 2.39. The zero-order valence-electron chi connectivity index (χ0n) is 11.8. The van der Waals surface area contributed by atoms with Crippen LogP contribution in [0.3, 0.4) is 0 Å². The van der Waals surface area contributed by atoms with Crippen LogP contribution >= 0.6 is 23.1 Å². The van der Waals surface area contributed by atoms with Gasteiger partial charge in [0, 0.05) is 21.9 Å². The van der Waals surface area contributed by atoms with E-state index in [1.54, 1.807) is 0 Å². The van der Waals surface area contributed by atoms with E-state index in [0.29, 0.717) is 11.8 Å². The van der Waals surface area contributed by atoms with E-state index in [2.05, 4.69) is 19.2 Å². The number of Topliss-reactive ketones (excluding diaryl/α,β-unsaturated/α-hetero) is 1. The van der Waals surface area contributed by atoms with Gasteiger partial charge in [-0.1, -0.05) is 8.98 Å². The molecule has 1 atom stereocenters. The van der Waals surface area contributed by atoms with Crippen LogP contribution in [0.4, 0.5) is 0 Å². The molecule has 2 heterocycles. The van der Waals surface area contributed by atoms with Crippen LogP contribution in [0.2, 0.25) is 0 Å². The van der Waals surface area contributed by atoms with Gasteiger partial charge >= 0.3 is 0 Å². The Hall–Kier alpha value is -1.73. The van der Waals surface area contributed by atoms with Gasteiger partial charge in [-0.3, -0.25) is 4.79 Å². The molecule has 7 heteroatoms. The highest BCUT2D eigenvalue weighted by atomic mass is 32.1. The van der Waals surface area contributed by atoms with Gasteiger partial charge in [0.25, 0.3) is 0 Å². The number of ketones is 1. The van der Waals surface area contributed by atoms with Crippen molar-refractivity contribution < 1.29 is 4.79 Å². The van der Waals surface area contributed by atoms with Gasteiger partial charge in [0.05, 0.1) is 11.4 Å². The number of aromatic nitrogens is 4. The smallest absolute Gasteiger partial charge is 0.185 e. The minimum atomic E-state index is 0.143. The summed E-state index contributed by atoms with van der Waals surface area (Å²) >= 11 is 2.61. The highest BCUT2D eigenvalue weighted by Crippen LogP contribution is 2.47.